The smallest absolute Gasteiger partial charge is 0.339 e. The zero-order chi connectivity index (χ0) is 11.5. The van der Waals surface area contributed by atoms with Gasteiger partial charge in [-0.3, -0.25) is 4.68 Å². The minimum atomic E-state index is -0.877. The molecule has 1 aliphatic carbocycles. The molecule has 1 aliphatic rings. The van der Waals surface area contributed by atoms with E-state index in [9.17, 15) is 4.79 Å². The molecule has 2 rings (SSSR count). The van der Waals surface area contributed by atoms with Gasteiger partial charge in [-0.2, -0.15) is 5.10 Å². The van der Waals surface area contributed by atoms with E-state index in [1.165, 1.54) is 25.7 Å². The van der Waals surface area contributed by atoms with E-state index in [0.717, 1.165) is 12.8 Å². The van der Waals surface area contributed by atoms with Gasteiger partial charge in [0.05, 0.1) is 11.7 Å². The maximum absolute atomic E-state index is 10.9. The number of hydrogen-bond acceptors (Lipinski definition) is 2. The summed E-state index contributed by atoms with van der Waals surface area (Å²) in [6, 6.07) is 0.397. The molecule has 1 fully saturated rings. The van der Waals surface area contributed by atoms with Crippen LogP contribution in [0.3, 0.4) is 0 Å². The fourth-order valence-electron chi connectivity index (χ4n) is 2.40. The second-order valence-electron chi connectivity index (χ2n) is 4.56. The van der Waals surface area contributed by atoms with Crippen LogP contribution in [0.4, 0.5) is 0 Å². The Labute approximate surface area is 95.3 Å². The predicted molar refractivity (Wildman–Crippen MR) is 60.7 cm³/mol. The average Bonchev–Trinajstić information content (AvgIpc) is 2.50. The van der Waals surface area contributed by atoms with Gasteiger partial charge in [-0.1, -0.05) is 25.7 Å². The van der Waals surface area contributed by atoms with Crippen molar-refractivity contribution in [1.29, 1.82) is 0 Å². The lowest BCUT2D eigenvalue weighted by Gasteiger charge is -2.14. The molecule has 4 nitrogen and oxygen atoms in total. The van der Waals surface area contributed by atoms with E-state index in [0.29, 0.717) is 17.3 Å². The molecule has 0 spiro atoms. The van der Waals surface area contributed by atoms with Gasteiger partial charge in [0.2, 0.25) is 0 Å². The molecule has 0 radical (unpaired) electrons. The summed E-state index contributed by atoms with van der Waals surface area (Å²) < 4.78 is 1.87. The van der Waals surface area contributed by atoms with E-state index in [1.807, 2.05) is 4.68 Å². The molecule has 0 aromatic carbocycles. The van der Waals surface area contributed by atoms with Crippen molar-refractivity contribution >= 4 is 5.97 Å². The molecule has 1 saturated carbocycles. The first-order chi connectivity index (χ1) is 7.68. The summed E-state index contributed by atoms with van der Waals surface area (Å²) in [6.45, 7) is 1.76. The monoisotopic (exact) mass is 222 g/mol. The van der Waals surface area contributed by atoms with Crippen molar-refractivity contribution in [3.63, 3.8) is 0 Å². The first-order valence-corrected chi connectivity index (χ1v) is 5.97. The quantitative estimate of drug-likeness (QED) is 0.783. The van der Waals surface area contributed by atoms with Gasteiger partial charge in [-0.25, -0.2) is 4.79 Å². The van der Waals surface area contributed by atoms with Crippen LogP contribution in [0.1, 0.15) is 60.6 Å². The third-order valence-electron chi connectivity index (χ3n) is 3.35. The third kappa shape index (κ3) is 2.26. The first kappa shape index (κ1) is 11.2. The Hall–Kier alpha value is -1.32. The Bertz CT molecular complexity index is 376. The molecular formula is C12H18N2O2. The number of nitrogens with zero attached hydrogens (tertiary/aromatic N) is 2. The number of carbonyl (C=O) groups is 1. The van der Waals surface area contributed by atoms with Crippen molar-refractivity contribution < 1.29 is 9.90 Å². The number of aromatic carboxylic acids is 1. The molecular weight excluding hydrogens is 204 g/mol. The summed E-state index contributed by atoms with van der Waals surface area (Å²) in [5, 5.41) is 13.3. The van der Waals surface area contributed by atoms with Gasteiger partial charge in [0.1, 0.15) is 5.56 Å². The molecule has 1 N–H and O–H groups in total. The Balaban J connectivity index is 2.19. The van der Waals surface area contributed by atoms with E-state index in [1.54, 1.807) is 13.1 Å². The second-order valence-corrected chi connectivity index (χ2v) is 4.56. The predicted octanol–water partition coefficient (Wildman–Crippen LogP) is 2.79. The van der Waals surface area contributed by atoms with Crippen LogP contribution in [-0.4, -0.2) is 20.9 Å². The molecule has 0 aliphatic heterocycles. The Kier molecular flexibility index (Phi) is 3.27. The largest absolute Gasteiger partial charge is 0.478 e. The van der Waals surface area contributed by atoms with E-state index >= 15 is 0 Å². The summed E-state index contributed by atoms with van der Waals surface area (Å²) in [5.74, 6) is -0.877. The van der Waals surface area contributed by atoms with Crippen LogP contribution in [0.2, 0.25) is 0 Å². The molecule has 16 heavy (non-hydrogen) atoms. The molecule has 0 unspecified atom stereocenters. The van der Waals surface area contributed by atoms with Gasteiger partial charge in [-0.05, 0) is 19.8 Å². The zero-order valence-electron chi connectivity index (χ0n) is 9.65. The second kappa shape index (κ2) is 4.68. The van der Waals surface area contributed by atoms with Gasteiger partial charge in [-0.15, -0.1) is 0 Å². The van der Waals surface area contributed by atoms with Crippen LogP contribution < -0.4 is 0 Å². The van der Waals surface area contributed by atoms with Gasteiger partial charge < -0.3 is 5.11 Å². The summed E-state index contributed by atoms with van der Waals surface area (Å²) in [6.07, 6.45) is 8.98. The summed E-state index contributed by atoms with van der Waals surface area (Å²) in [7, 11) is 0. The molecule has 0 saturated heterocycles. The molecule has 4 heteroatoms. The Morgan fingerprint density at radius 1 is 1.38 bits per heavy atom. The molecule has 1 aromatic rings. The fourth-order valence-corrected chi connectivity index (χ4v) is 2.40. The van der Waals surface area contributed by atoms with E-state index in [4.69, 9.17) is 5.11 Å². The Morgan fingerprint density at radius 3 is 2.50 bits per heavy atom. The molecule has 1 heterocycles. The molecule has 88 valence electrons. The van der Waals surface area contributed by atoms with E-state index in [2.05, 4.69) is 5.10 Å². The van der Waals surface area contributed by atoms with Crippen molar-refractivity contribution in [1.82, 2.24) is 9.78 Å². The third-order valence-corrected chi connectivity index (χ3v) is 3.35. The van der Waals surface area contributed by atoms with Crippen molar-refractivity contribution in [2.24, 2.45) is 0 Å². The van der Waals surface area contributed by atoms with Gasteiger partial charge >= 0.3 is 5.97 Å². The highest BCUT2D eigenvalue weighted by molar-refractivity contribution is 5.88. The molecule has 0 amide bonds. The highest BCUT2D eigenvalue weighted by atomic mass is 16.4. The minimum absolute atomic E-state index is 0.337. The number of aryl methyl sites for hydroxylation is 1. The summed E-state index contributed by atoms with van der Waals surface area (Å²) >= 11 is 0. The molecule has 0 bridgehead atoms. The van der Waals surface area contributed by atoms with E-state index in [-0.39, 0.29) is 0 Å². The van der Waals surface area contributed by atoms with E-state index < -0.39 is 5.97 Å². The fraction of sp³-hybridized carbons (Fsp3) is 0.667. The lowest BCUT2D eigenvalue weighted by molar-refractivity contribution is 0.0696. The maximum atomic E-state index is 10.9. The van der Waals surface area contributed by atoms with Gasteiger partial charge in [0, 0.05) is 6.20 Å². The highest BCUT2D eigenvalue weighted by Crippen LogP contribution is 2.27. The van der Waals surface area contributed by atoms with Gasteiger partial charge in [0.25, 0.3) is 0 Å². The average molecular weight is 222 g/mol. The number of carboxylic acids is 1. The molecule has 1 aromatic heterocycles. The van der Waals surface area contributed by atoms with Crippen LogP contribution in [0.25, 0.3) is 0 Å². The lowest BCUT2D eigenvalue weighted by Crippen LogP contribution is -2.08. The van der Waals surface area contributed by atoms with Crippen molar-refractivity contribution in [2.75, 3.05) is 0 Å². The number of aromatic nitrogens is 2. The zero-order valence-corrected chi connectivity index (χ0v) is 9.65. The minimum Gasteiger partial charge on any atom is -0.478 e. The SMILES string of the molecule is Cc1nn(C2CCCCCC2)cc1C(=O)O. The number of hydrogen-bond donors (Lipinski definition) is 1. The molecule has 0 atom stereocenters. The standard InChI is InChI=1S/C12H18N2O2/c1-9-11(12(15)16)8-14(13-9)10-6-4-2-3-5-7-10/h8,10H,2-7H2,1H3,(H,15,16). The van der Waals surface area contributed by atoms with Crippen molar-refractivity contribution in [3.8, 4) is 0 Å². The van der Waals surface area contributed by atoms with Crippen LogP contribution >= 0.6 is 0 Å². The van der Waals surface area contributed by atoms with Crippen LogP contribution in [0.5, 0.6) is 0 Å². The number of rotatable bonds is 2. The normalized spacial score (nSPS) is 18.3. The van der Waals surface area contributed by atoms with Crippen LogP contribution in [0, 0.1) is 6.92 Å². The highest BCUT2D eigenvalue weighted by Gasteiger charge is 2.18. The van der Waals surface area contributed by atoms with Gasteiger partial charge in [0.15, 0.2) is 0 Å². The van der Waals surface area contributed by atoms with Crippen LogP contribution in [-0.2, 0) is 0 Å². The topological polar surface area (TPSA) is 55.1 Å². The summed E-state index contributed by atoms with van der Waals surface area (Å²) in [5.41, 5.74) is 0.959. The van der Waals surface area contributed by atoms with Crippen molar-refractivity contribution in [2.45, 2.75) is 51.5 Å². The number of carboxylic acid groups (broad SMARTS) is 1. The maximum Gasteiger partial charge on any atom is 0.339 e. The van der Waals surface area contributed by atoms with Crippen LogP contribution in [0.15, 0.2) is 6.20 Å². The lowest BCUT2D eigenvalue weighted by atomic mass is 10.1. The summed E-state index contributed by atoms with van der Waals surface area (Å²) in [4.78, 5) is 10.9. The van der Waals surface area contributed by atoms with Crippen molar-refractivity contribution in [3.05, 3.63) is 17.5 Å². The first-order valence-electron chi connectivity index (χ1n) is 5.97. The Morgan fingerprint density at radius 2 is 2.00 bits per heavy atom.